The van der Waals surface area contributed by atoms with Crippen molar-refractivity contribution < 1.29 is 5.21 Å². The van der Waals surface area contributed by atoms with Gasteiger partial charge in [-0.05, 0) is 25.7 Å². The summed E-state index contributed by atoms with van der Waals surface area (Å²) in [5, 5.41) is 15.0. The van der Waals surface area contributed by atoms with E-state index in [2.05, 4.69) is 17.4 Å². The molecule has 4 N–H and O–H groups in total. The second-order valence-corrected chi connectivity index (χ2v) is 4.67. The normalized spacial score (nSPS) is 22.9. The van der Waals surface area contributed by atoms with Crippen molar-refractivity contribution in [3.05, 3.63) is 0 Å². The van der Waals surface area contributed by atoms with Crippen LogP contribution in [-0.2, 0) is 0 Å². The standard InChI is InChI=1S/C11H23N3O/c1-8(11(12)14-15)7-13-9(2)10-5-3-4-6-10/h8-10,13,15H,3-7H2,1-2H3,(H2,12,14). The van der Waals surface area contributed by atoms with Gasteiger partial charge in [0, 0.05) is 18.5 Å². The monoisotopic (exact) mass is 213 g/mol. The minimum absolute atomic E-state index is 0.0962. The van der Waals surface area contributed by atoms with Gasteiger partial charge in [0.05, 0.1) is 0 Å². The van der Waals surface area contributed by atoms with Crippen molar-refractivity contribution in [3.63, 3.8) is 0 Å². The van der Waals surface area contributed by atoms with Crippen LogP contribution in [0.4, 0.5) is 0 Å². The Morgan fingerprint density at radius 1 is 1.47 bits per heavy atom. The van der Waals surface area contributed by atoms with Crippen LogP contribution >= 0.6 is 0 Å². The van der Waals surface area contributed by atoms with Gasteiger partial charge in [-0.2, -0.15) is 0 Å². The molecule has 15 heavy (non-hydrogen) atoms. The second-order valence-electron chi connectivity index (χ2n) is 4.67. The summed E-state index contributed by atoms with van der Waals surface area (Å²) < 4.78 is 0. The molecule has 0 spiro atoms. The highest BCUT2D eigenvalue weighted by Gasteiger charge is 2.21. The number of nitrogens with one attached hydrogen (secondary N) is 1. The fraction of sp³-hybridized carbons (Fsp3) is 0.909. The van der Waals surface area contributed by atoms with Crippen molar-refractivity contribution in [2.45, 2.75) is 45.6 Å². The molecular weight excluding hydrogens is 190 g/mol. The van der Waals surface area contributed by atoms with Crippen molar-refractivity contribution in [1.82, 2.24) is 5.32 Å². The van der Waals surface area contributed by atoms with E-state index in [1.165, 1.54) is 25.7 Å². The Balaban J connectivity index is 2.23. The van der Waals surface area contributed by atoms with Gasteiger partial charge in [-0.3, -0.25) is 0 Å². The molecule has 4 heteroatoms. The smallest absolute Gasteiger partial charge is 0.143 e. The van der Waals surface area contributed by atoms with Gasteiger partial charge in [0.1, 0.15) is 5.84 Å². The first kappa shape index (κ1) is 12.3. The molecule has 0 bridgehead atoms. The van der Waals surface area contributed by atoms with Crippen LogP contribution in [0.5, 0.6) is 0 Å². The Labute approximate surface area is 91.9 Å². The third-order valence-electron chi connectivity index (χ3n) is 3.47. The maximum atomic E-state index is 8.52. The van der Waals surface area contributed by atoms with Gasteiger partial charge in [-0.1, -0.05) is 24.9 Å². The molecule has 1 saturated carbocycles. The van der Waals surface area contributed by atoms with Crippen molar-refractivity contribution in [2.24, 2.45) is 22.7 Å². The summed E-state index contributed by atoms with van der Waals surface area (Å²) in [5.74, 6) is 1.21. The summed E-state index contributed by atoms with van der Waals surface area (Å²) in [7, 11) is 0. The Morgan fingerprint density at radius 3 is 2.60 bits per heavy atom. The van der Waals surface area contributed by atoms with E-state index in [0.717, 1.165) is 12.5 Å². The molecule has 0 saturated heterocycles. The van der Waals surface area contributed by atoms with E-state index < -0.39 is 0 Å². The van der Waals surface area contributed by atoms with Crippen molar-refractivity contribution in [1.29, 1.82) is 0 Å². The summed E-state index contributed by atoms with van der Waals surface area (Å²) in [6, 6.07) is 0.543. The van der Waals surface area contributed by atoms with Crippen molar-refractivity contribution >= 4 is 5.84 Å². The number of hydrogen-bond acceptors (Lipinski definition) is 3. The van der Waals surface area contributed by atoms with E-state index in [-0.39, 0.29) is 5.92 Å². The molecular formula is C11H23N3O. The Morgan fingerprint density at radius 2 is 2.07 bits per heavy atom. The molecule has 0 aromatic carbocycles. The highest BCUT2D eigenvalue weighted by Crippen LogP contribution is 2.27. The number of amidine groups is 1. The molecule has 2 atom stereocenters. The summed E-state index contributed by atoms with van der Waals surface area (Å²) in [4.78, 5) is 0. The van der Waals surface area contributed by atoms with E-state index >= 15 is 0 Å². The summed E-state index contributed by atoms with van der Waals surface area (Å²) in [6.07, 6.45) is 5.41. The van der Waals surface area contributed by atoms with E-state index in [4.69, 9.17) is 10.9 Å². The zero-order valence-corrected chi connectivity index (χ0v) is 9.74. The van der Waals surface area contributed by atoms with Crippen LogP contribution in [-0.4, -0.2) is 23.6 Å². The minimum Gasteiger partial charge on any atom is -0.409 e. The average Bonchev–Trinajstić information content (AvgIpc) is 2.77. The zero-order chi connectivity index (χ0) is 11.3. The topological polar surface area (TPSA) is 70.6 Å². The van der Waals surface area contributed by atoms with Crippen LogP contribution in [0.1, 0.15) is 39.5 Å². The summed E-state index contributed by atoms with van der Waals surface area (Å²) in [6.45, 7) is 4.98. The molecule has 88 valence electrons. The average molecular weight is 213 g/mol. The van der Waals surface area contributed by atoms with Gasteiger partial charge in [-0.15, -0.1) is 0 Å². The quantitative estimate of drug-likeness (QED) is 0.281. The lowest BCUT2D eigenvalue weighted by molar-refractivity contribution is 0.312. The molecule has 0 aliphatic heterocycles. The van der Waals surface area contributed by atoms with Gasteiger partial charge in [-0.25, -0.2) is 0 Å². The Kier molecular flexibility index (Phi) is 4.88. The first-order valence-electron chi connectivity index (χ1n) is 5.86. The van der Waals surface area contributed by atoms with Crippen LogP contribution in [0, 0.1) is 11.8 Å². The van der Waals surface area contributed by atoms with Crippen LogP contribution in [0.15, 0.2) is 5.16 Å². The second kappa shape index (κ2) is 5.95. The molecule has 1 rings (SSSR count). The van der Waals surface area contributed by atoms with Gasteiger partial charge >= 0.3 is 0 Å². The summed E-state index contributed by atoms with van der Waals surface area (Å²) in [5.41, 5.74) is 5.52. The Hall–Kier alpha value is -0.770. The lowest BCUT2D eigenvalue weighted by Gasteiger charge is -2.22. The number of nitrogens with two attached hydrogens (primary N) is 1. The van der Waals surface area contributed by atoms with E-state index in [0.29, 0.717) is 11.9 Å². The molecule has 0 aromatic heterocycles. The number of oxime groups is 1. The molecule has 1 fully saturated rings. The molecule has 1 aliphatic rings. The maximum absolute atomic E-state index is 8.52. The number of rotatable bonds is 5. The molecule has 2 unspecified atom stereocenters. The molecule has 4 nitrogen and oxygen atoms in total. The first-order valence-corrected chi connectivity index (χ1v) is 5.86. The van der Waals surface area contributed by atoms with Crippen molar-refractivity contribution in [2.75, 3.05) is 6.54 Å². The predicted octanol–water partition coefficient (Wildman–Crippen LogP) is 1.54. The highest BCUT2D eigenvalue weighted by molar-refractivity contribution is 5.82. The minimum atomic E-state index is 0.0962. The molecule has 0 radical (unpaired) electrons. The van der Waals surface area contributed by atoms with Gasteiger partial charge < -0.3 is 16.3 Å². The fourth-order valence-corrected chi connectivity index (χ4v) is 2.19. The first-order chi connectivity index (χ1) is 7.15. The number of hydrogen-bond donors (Lipinski definition) is 3. The van der Waals surface area contributed by atoms with Crippen LogP contribution in [0.25, 0.3) is 0 Å². The number of nitrogens with zero attached hydrogens (tertiary/aromatic N) is 1. The highest BCUT2D eigenvalue weighted by atomic mass is 16.4. The van der Waals surface area contributed by atoms with Crippen LogP contribution < -0.4 is 11.1 Å². The Bertz CT molecular complexity index is 212. The zero-order valence-electron chi connectivity index (χ0n) is 9.74. The lowest BCUT2D eigenvalue weighted by Crippen LogP contribution is -2.38. The van der Waals surface area contributed by atoms with Gasteiger partial charge in [0.2, 0.25) is 0 Å². The third-order valence-corrected chi connectivity index (χ3v) is 3.47. The van der Waals surface area contributed by atoms with Crippen LogP contribution in [0.3, 0.4) is 0 Å². The lowest BCUT2D eigenvalue weighted by atomic mass is 9.99. The van der Waals surface area contributed by atoms with E-state index in [1.54, 1.807) is 0 Å². The summed E-state index contributed by atoms with van der Waals surface area (Å²) >= 11 is 0. The fourth-order valence-electron chi connectivity index (χ4n) is 2.19. The van der Waals surface area contributed by atoms with Crippen molar-refractivity contribution in [3.8, 4) is 0 Å². The third kappa shape index (κ3) is 3.70. The SMILES string of the molecule is CC(CNC(C)C1CCCC1)C(N)=NO. The van der Waals surface area contributed by atoms with E-state index in [1.807, 2.05) is 6.92 Å². The molecule has 0 aromatic rings. The van der Waals surface area contributed by atoms with E-state index in [9.17, 15) is 0 Å². The maximum Gasteiger partial charge on any atom is 0.143 e. The van der Waals surface area contributed by atoms with Gasteiger partial charge in [0.15, 0.2) is 0 Å². The predicted molar refractivity (Wildman–Crippen MR) is 62.0 cm³/mol. The largest absolute Gasteiger partial charge is 0.409 e. The van der Waals surface area contributed by atoms with Gasteiger partial charge in [0.25, 0.3) is 0 Å². The molecule has 0 heterocycles. The molecule has 0 amide bonds. The van der Waals surface area contributed by atoms with Crippen LogP contribution in [0.2, 0.25) is 0 Å². The molecule has 1 aliphatic carbocycles.